The standard InChI is InChI=1S/C53H50N2O.HI/c1-36-27-28-39(33-48(36)53(38-17-7-5-8-18-38)37(2)54-41-19-9-3-4-10-20-41)43-30-31-44(46-24-14-13-23-45(43)46)40-29-32-51(55-42-21-11-6-12-22-42)49(34-40)50-35-56-52-26-16-15-25-47(50)52;/h3-4,6-7,9,11-15,17-25,27-29,32-35,37,53-55H,5,8,10,16,26,30-31H2,1-2H3;1H. The molecule has 9 rings (SSSR count). The summed E-state index contributed by atoms with van der Waals surface area (Å²) in [5.74, 6) is 1.30. The van der Waals surface area contributed by atoms with Crippen molar-refractivity contribution in [1.82, 2.24) is 5.32 Å². The van der Waals surface area contributed by atoms with Crippen LogP contribution in [-0.2, 0) is 6.42 Å². The molecular formula is C53H51IN2O. The van der Waals surface area contributed by atoms with Crippen molar-refractivity contribution in [3.63, 3.8) is 0 Å². The monoisotopic (exact) mass is 858 g/mol. The lowest BCUT2D eigenvalue weighted by atomic mass is 9.79. The fourth-order valence-electron chi connectivity index (χ4n) is 9.07. The van der Waals surface area contributed by atoms with Crippen LogP contribution in [0.2, 0.25) is 0 Å². The van der Waals surface area contributed by atoms with Crippen LogP contribution < -0.4 is 21.1 Å². The van der Waals surface area contributed by atoms with E-state index in [9.17, 15) is 0 Å². The van der Waals surface area contributed by atoms with Crippen LogP contribution >= 0.6 is 24.0 Å². The molecule has 0 aliphatic heterocycles. The van der Waals surface area contributed by atoms with E-state index in [4.69, 9.17) is 4.42 Å². The van der Waals surface area contributed by atoms with Crippen LogP contribution in [0.3, 0.4) is 0 Å². The summed E-state index contributed by atoms with van der Waals surface area (Å²) in [6.07, 6.45) is 31.7. The van der Waals surface area contributed by atoms with Crippen LogP contribution in [0.15, 0.2) is 168 Å². The maximum absolute atomic E-state index is 6.17. The third-order valence-electron chi connectivity index (χ3n) is 11.9. The molecular weight excluding hydrogens is 808 g/mol. The first-order valence-corrected chi connectivity index (χ1v) is 20.4. The normalized spacial score (nSPS) is 16.7. The third-order valence-corrected chi connectivity index (χ3v) is 11.9. The zero-order chi connectivity index (χ0) is 37.8. The van der Waals surface area contributed by atoms with Crippen LogP contribution in [0.4, 0.5) is 11.4 Å². The van der Waals surface area contributed by atoms with Crippen LogP contribution in [-0.4, -0.2) is 6.04 Å². The van der Waals surface area contributed by atoms with E-state index in [0.29, 0.717) is 0 Å². The number of para-hydroxylation sites is 1. The molecule has 0 saturated carbocycles. The van der Waals surface area contributed by atoms with Crippen molar-refractivity contribution < 1.29 is 4.42 Å². The van der Waals surface area contributed by atoms with Crippen molar-refractivity contribution in [2.24, 2.45) is 0 Å². The highest BCUT2D eigenvalue weighted by Gasteiger charge is 2.26. The van der Waals surface area contributed by atoms with E-state index >= 15 is 0 Å². The van der Waals surface area contributed by atoms with Crippen molar-refractivity contribution in [2.75, 3.05) is 5.32 Å². The van der Waals surface area contributed by atoms with Crippen LogP contribution in [0, 0.1) is 6.92 Å². The van der Waals surface area contributed by atoms with E-state index in [0.717, 1.165) is 73.2 Å². The van der Waals surface area contributed by atoms with Gasteiger partial charge in [-0.1, -0.05) is 121 Å². The van der Waals surface area contributed by atoms with Gasteiger partial charge >= 0.3 is 0 Å². The number of nitrogens with one attached hydrogen (secondary N) is 2. The van der Waals surface area contributed by atoms with Gasteiger partial charge in [-0.25, -0.2) is 0 Å². The molecule has 4 aromatic carbocycles. The molecule has 0 fully saturated rings. The topological polar surface area (TPSA) is 37.2 Å². The molecule has 0 saturated heterocycles. The molecule has 1 heterocycles. The second-order valence-electron chi connectivity index (χ2n) is 15.5. The molecule has 2 N–H and O–H groups in total. The van der Waals surface area contributed by atoms with Crippen molar-refractivity contribution in [3.8, 4) is 11.1 Å². The average molecular weight is 859 g/mol. The highest BCUT2D eigenvalue weighted by Crippen LogP contribution is 2.41. The van der Waals surface area contributed by atoms with E-state index in [1.165, 1.54) is 60.7 Å². The number of halogens is 1. The van der Waals surface area contributed by atoms with Crippen molar-refractivity contribution in [3.05, 3.63) is 207 Å². The molecule has 286 valence electrons. The van der Waals surface area contributed by atoms with Gasteiger partial charge in [-0.15, -0.1) is 24.0 Å². The van der Waals surface area contributed by atoms with Crippen molar-refractivity contribution >= 4 is 52.6 Å². The summed E-state index contributed by atoms with van der Waals surface area (Å²) in [6, 6.07) is 33.9. The summed E-state index contributed by atoms with van der Waals surface area (Å²) in [7, 11) is 0. The van der Waals surface area contributed by atoms with Gasteiger partial charge in [-0.2, -0.15) is 0 Å². The molecule has 0 amide bonds. The number of benzene rings is 4. The molecule has 0 spiro atoms. The van der Waals surface area contributed by atoms with Crippen LogP contribution in [0.5, 0.6) is 0 Å². The second-order valence-corrected chi connectivity index (χ2v) is 15.5. The zero-order valence-electron chi connectivity index (χ0n) is 32.9. The number of hydrogen-bond donors (Lipinski definition) is 2. The number of furan rings is 1. The smallest absolute Gasteiger partial charge is 0.111 e. The van der Waals surface area contributed by atoms with E-state index in [2.05, 4.69) is 176 Å². The van der Waals surface area contributed by atoms with Gasteiger partial charge in [0.1, 0.15) is 5.76 Å². The number of allylic oxidation sites excluding steroid dienone is 9. The first-order valence-electron chi connectivity index (χ1n) is 20.4. The lowest BCUT2D eigenvalue weighted by Gasteiger charge is -2.31. The van der Waals surface area contributed by atoms with Crippen LogP contribution in [0.25, 0.3) is 28.3 Å². The van der Waals surface area contributed by atoms with Gasteiger partial charge < -0.3 is 15.1 Å². The molecule has 4 heteroatoms. The maximum Gasteiger partial charge on any atom is 0.111 e. The molecule has 3 nitrogen and oxygen atoms in total. The van der Waals surface area contributed by atoms with E-state index in [1.807, 2.05) is 6.26 Å². The number of fused-ring (bicyclic) bond motifs is 2. The van der Waals surface area contributed by atoms with Gasteiger partial charge in [-0.05, 0) is 132 Å². The minimum atomic E-state index is 0. The van der Waals surface area contributed by atoms with E-state index < -0.39 is 0 Å². The maximum atomic E-state index is 6.17. The van der Waals surface area contributed by atoms with Gasteiger partial charge in [0.15, 0.2) is 0 Å². The first-order chi connectivity index (χ1) is 27.6. The number of hydrogen-bond acceptors (Lipinski definition) is 3. The average Bonchev–Trinajstić information content (AvgIpc) is 3.50. The lowest BCUT2D eigenvalue weighted by molar-refractivity contribution is 0.508. The summed E-state index contributed by atoms with van der Waals surface area (Å²) in [5.41, 5.74) is 16.4. The molecule has 0 bridgehead atoms. The van der Waals surface area contributed by atoms with Gasteiger partial charge in [0, 0.05) is 52.1 Å². The molecule has 4 aliphatic rings. The predicted molar refractivity (Wildman–Crippen MR) is 251 cm³/mol. The second kappa shape index (κ2) is 17.4. The molecule has 1 aromatic heterocycles. The molecule has 5 aromatic rings. The number of aryl methyl sites for hydroxylation is 2. The zero-order valence-corrected chi connectivity index (χ0v) is 35.3. The Morgan fingerprint density at radius 3 is 2.21 bits per heavy atom. The Hall–Kier alpha value is -5.33. The Morgan fingerprint density at radius 2 is 1.42 bits per heavy atom. The minimum Gasteiger partial charge on any atom is -0.468 e. The summed E-state index contributed by atoms with van der Waals surface area (Å²) in [4.78, 5) is 0. The van der Waals surface area contributed by atoms with Crippen molar-refractivity contribution in [2.45, 2.75) is 70.8 Å². The summed E-state index contributed by atoms with van der Waals surface area (Å²) < 4.78 is 6.17. The first kappa shape index (κ1) is 38.5. The third kappa shape index (κ3) is 8.11. The summed E-state index contributed by atoms with van der Waals surface area (Å²) in [5, 5.41) is 10.3. The Morgan fingerprint density at radius 1 is 0.667 bits per heavy atom. The highest BCUT2D eigenvalue weighted by molar-refractivity contribution is 14.0. The van der Waals surface area contributed by atoms with Gasteiger partial charge in [-0.3, -0.25) is 0 Å². The Kier molecular flexibility index (Phi) is 11.8. The summed E-state index contributed by atoms with van der Waals surface area (Å²) in [6.45, 7) is 4.63. The Bertz CT molecular complexity index is 2600. The molecule has 4 aliphatic carbocycles. The van der Waals surface area contributed by atoms with Gasteiger partial charge in [0.2, 0.25) is 0 Å². The fourth-order valence-corrected chi connectivity index (χ4v) is 9.07. The number of rotatable bonds is 10. The largest absolute Gasteiger partial charge is 0.468 e. The van der Waals surface area contributed by atoms with E-state index in [1.54, 1.807) is 0 Å². The van der Waals surface area contributed by atoms with E-state index in [-0.39, 0.29) is 35.9 Å². The Balaban J connectivity index is 0.00000455. The molecule has 57 heavy (non-hydrogen) atoms. The quantitative estimate of drug-likeness (QED) is 0.137. The van der Waals surface area contributed by atoms with Gasteiger partial charge in [0.05, 0.1) is 6.26 Å². The predicted octanol–water partition coefficient (Wildman–Crippen LogP) is 12.5. The molecule has 2 atom stereocenters. The number of anilines is 2. The lowest BCUT2D eigenvalue weighted by Crippen LogP contribution is -2.33. The van der Waals surface area contributed by atoms with Crippen LogP contribution in [0.1, 0.15) is 84.9 Å². The minimum absolute atomic E-state index is 0. The molecule has 2 unspecified atom stereocenters. The fraction of sp³-hybridized carbons (Fsp3) is 0.208. The summed E-state index contributed by atoms with van der Waals surface area (Å²) >= 11 is 0. The van der Waals surface area contributed by atoms with Crippen molar-refractivity contribution in [1.29, 1.82) is 0 Å². The highest BCUT2D eigenvalue weighted by atomic mass is 127. The van der Waals surface area contributed by atoms with Gasteiger partial charge in [0.25, 0.3) is 0 Å². The molecule has 0 radical (unpaired) electrons. The SMILES string of the molecule is Cc1ccc(C2=c3ccccc3=C(c3ccc(Nc4ccccc4)c(-c4coc5c4C=CCC5)c3)CC2)cc1C(C1=CCCC=C1)C(C)NC1=CCC=CC=C1.I. The Labute approximate surface area is 354 Å².